The van der Waals surface area contributed by atoms with Gasteiger partial charge in [0.15, 0.2) is 0 Å². The van der Waals surface area contributed by atoms with Gasteiger partial charge < -0.3 is 5.32 Å². The second-order valence-electron chi connectivity index (χ2n) is 6.49. The minimum atomic E-state index is 0.429. The second kappa shape index (κ2) is 7.45. The average Bonchev–Trinajstić information content (AvgIpc) is 2.70. The van der Waals surface area contributed by atoms with E-state index in [1.54, 1.807) is 0 Å². The van der Waals surface area contributed by atoms with Gasteiger partial charge in [-0.25, -0.2) is 0 Å². The molecule has 1 atom stereocenters. The maximum atomic E-state index is 4.88. The summed E-state index contributed by atoms with van der Waals surface area (Å²) in [5.74, 6) is 0. The molecule has 0 radical (unpaired) electrons. The van der Waals surface area contributed by atoms with E-state index in [2.05, 4.69) is 84.2 Å². The van der Waals surface area contributed by atoms with Crippen molar-refractivity contribution in [1.29, 1.82) is 0 Å². The van der Waals surface area contributed by atoms with Crippen LogP contribution in [0.1, 0.15) is 17.7 Å². The molecule has 0 aliphatic carbocycles. The van der Waals surface area contributed by atoms with Gasteiger partial charge in [-0.15, -0.1) is 0 Å². The van der Waals surface area contributed by atoms with Crippen molar-refractivity contribution < 1.29 is 0 Å². The van der Waals surface area contributed by atoms with Crippen LogP contribution in [-0.4, -0.2) is 17.6 Å². The molecule has 1 unspecified atom stereocenters. The fourth-order valence-electron chi connectivity index (χ4n) is 3.42. The number of rotatable bonds is 4. The molecule has 2 heterocycles. The number of hydrogen-bond acceptors (Lipinski definition) is 2. The predicted molar refractivity (Wildman–Crippen MR) is 104 cm³/mol. The van der Waals surface area contributed by atoms with Gasteiger partial charge in [0.25, 0.3) is 0 Å². The molecule has 0 spiro atoms. The zero-order valence-corrected chi connectivity index (χ0v) is 14.2. The first-order valence-corrected chi connectivity index (χ1v) is 8.88. The Bertz CT molecular complexity index is 854. The molecule has 2 nitrogen and oxygen atoms in total. The molecule has 1 aliphatic rings. The van der Waals surface area contributed by atoms with Gasteiger partial charge in [-0.2, -0.15) is 0 Å². The van der Waals surface area contributed by atoms with Gasteiger partial charge in [-0.05, 0) is 29.7 Å². The van der Waals surface area contributed by atoms with Gasteiger partial charge in [-0.1, -0.05) is 72.8 Å². The van der Waals surface area contributed by atoms with Crippen molar-refractivity contribution in [3.63, 3.8) is 0 Å². The van der Waals surface area contributed by atoms with Gasteiger partial charge in [0.1, 0.15) is 0 Å². The van der Waals surface area contributed by atoms with Gasteiger partial charge in [0.2, 0.25) is 0 Å². The monoisotopic (exact) mass is 326 g/mol. The summed E-state index contributed by atoms with van der Waals surface area (Å²) in [6.07, 6.45) is 4.30. The lowest BCUT2D eigenvalue weighted by molar-refractivity contribution is 0.528. The van der Waals surface area contributed by atoms with Crippen molar-refractivity contribution >= 4 is 5.57 Å². The number of aromatic nitrogens is 1. The first-order chi connectivity index (χ1) is 12.4. The predicted octanol–water partition coefficient (Wildman–Crippen LogP) is 4.74. The molecule has 0 amide bonds. The van der Waals surface area contributed by atoms with Crippen LogP contribution < -0.4 is 5.32 Å². The van der Waals surface area contributed by atoms with Gasteiger partial charge >= 0.3 is 0 Å². The van der Waals surface area contributed by atoms with Crippen molar-refractivity contribution in [2.75, 3.05) is 6.54 Å². The highest BCUT2D eigenvalue weighted by atomic mass is 14.9. The average molecular weight is 326 g/mol. The zero-order valence-electron chi connectivity index (χ0n) is 14.2. The molecule has 0 saturated carbocycles. The van der Waals surface area contributed by atoms with E-state index in [0.717, 1.165) is 30.8 Å². The first-order valence-electron chi connectivity index (χ1n) is 8.88. The maximum absolute atomic E-state index is 4.88. The van der Waals surface area contributed by atoms with Crippen LogP contribution in [0.4, 0.5) is 0 Å². The van der Waals surface area contributed by atoms with Gasteiger partial charge in [0.05, 0.1) is 5.69 Å². The lowest BCUT2D eigenvalue weighted by Gasteiger charge is -2.24. The Morgan fingerprint density at radius 1 is 0.800 bits per heavy atom. The van der Waals surface area contributed by atoms with Crippen molar-refractivity contribution in [1.82, 2.24) is 10.3 Å². The van der Waals surface area contributed by atoms with E-state index in [1.165, 1.54) is 16.7 Å². The van der Waals surface area contributed by atoms with Crippen LogP contribution in [-0.2, 0) is 6.42 Å². The van der Waals surface area contributed by atoms with E-state index >= 15 is 0 Å². The Hall–Kier alpha value is -2.71. The first kappa shape index (κ1) is 15.8. The number of pyridine rings is 1. The topological polar surface area (TPSA) is 24.9 Å². The minimum Gasteiger partial charge on any atom is -0.310 e. The third-order valence-corrected chi connectivity index (χ3v) is 4.70. The van der Waals surface area contributed by atoms with Crippen LogP contribution in [0, 0.1) is 0 Å². The summed E-state index contributed by atoms with van der Waals surface area (Å²) in [6, 6.07) is 27.8. The molecule has 0 fully saturated rings. The molecule has 3 aromatic rings. The van der Waals surface area contributed by atoms with Crippen LogP contribution in [0.2, 0.25) is 0 Å². The molecule has 2 aromatic carbocycles. The third kappa shape index (κ3) is 3.86. The largest absolute Gasteiger partial charge is 0.310 e. The SMILES string of the molecule is C1=C(c2ccccc2)CC(Cc2cccc(-c3ccccc3)n2)NC1. The lowest BCUT2D eigenvalue weighted by atomic mass is 9.93. The Balaban J connectivity index is 1.49. The molecule has 1 N–H and O–H groups in total. The van der Waals surface area contributed by atoms with Crippen LogP contribution in [0.25, 0.3) is 16.8 Å². The number of benzene rings is 2. The summed E-state index contributed by atoms with van der Waals surface area (Å²) in [6.45, 7) is 0.924. The fourth-order valence-corrected chi connectivity index (χ4v) is 3.42. The highest BCUT2D eigenvalue weighted by molar-refractivity contribution is 5.67. The highest BCUT2D eigenvalue weighted by Gasteiger charge is 2.17. The van der Waals surface area contributed by atoms with E-state index in [-0.39, 0.29) is 0 Å². The summed E-state index contributed by atoms with van der Waals surface area (Å²) in [5, 5.41) is 3.61. The zero-order chi connectivity index (χ0) is 16.9. The quantitative estimate of drug-likeness (QED) is 0.749. The molecule has 2 heteroatoms. The standard InChI is InChI=1S/C23H22N2/c1-3-8-18(9-4-1)20-14-15-24-22(16-20)17-21-12-7-13-23(25-21)19-10-5-2-6-11-19/h1-14,22,24H,15-17H2. The number of nitrogens with one attached hydrogen (secondary N) is 1. The van der Waals surface area contributed by atoms with E-state index < -0.39 is 0 Å². The molecule has 124 valence electrons. The summed E-state index contributed by atoms with van der Waals surface area (Å²) in [7, 11) is 0. The van der Waals surface area contributed by atoms with Crippen molar-refractivity contribution in [2.24, 2.45) is 0 Å². The van der Waals surface area contributed by atoms with E-state index in [1.807, 2.05) is 6.07 Å². The summed E-state index contributed by atoms with van der Waals surface area (Å²) in [4.78, 5) is 4.88. The highest BCUT2D eigenvalue weighted by Crippen LogP contribution is 2.24. The van der Waals surface area contributed by atoms with Crippen molar-refractivity contribution in [3.05, 3.63) is 96.2 Å². The number of hydrogen-bond donors (Lipinski definition) is 1. The molecule has 1 aliphatic heterocycles. The summed E-state index contributed by atoms with van der Waals surface area (Å²) < 4.78 is 0. The van der Waals surface area contributed by atoms with Crippen molar-refractivity contribution in [3.8, 4) is 11.3 Å². The molecule has 0 bridgehead atoms. The smallest absolute Gasteiger partial charge is 0.0705 e. The van der Waals surface area contributed by atoms with Crippen LogP contribution in [0.5, 0.6) is 0 Å². The van der Waals surface area contributed by atoms with Crippen LogP contribution in [0.15, 0.2) is 84.9 Å². The van der Waals surface area contributed by atoms with Crippen LogP contribution >= 0.6 is 0 Å². The van der Waals surface area contributed by atoms with Crippen molar-refractivity contribution in [2.45, 2.75) is 18.9 Å². The van der Waals surface area contributed by atoms with E-state index in [4.69, 9.17) is 4.98 Å². The Labute approximate surface area is 149 Å². The molecular weight excluding hydrogens is 304 g/mol. The number of nitrogens with zero attached hydrogens (tertiary/aromatic N) is 1. The normalized spacial score (nSPS) is 17.1. The molecule has 1 aromatic heterocycles. The molecular formula is C23H22N2. The summed E-state index contributed by atoms with van der Waals surface area (Å²) >= 11 is 0. The molecule has 0 saturated heterocycles. The summed E-state index contributed by atoms with van der Waals surface area (Å²) in [5.41, 5.74) is 6.13. The second-order valence-corrected chi connectivity index (χ2v) is 6.49. The molecule has 25 heavy (non-hydrogen) atoms. The lowest BCUT2D eigenvalue weighted by Crippen LogP contribution is -2.34. The molecule has 4 rings (SSSR count). The Morgan fingerprint density at radius 2 is 1.52 bits per heavy atom. The van der Waals surface area contributed by atoms with Crippen LogP contribution in [0.3, 0.4) is 0 Å². The minimum absolute atomic E-state index is 0.429. The Kier molecular flexibility index (Phi) is 4.71. The maximum Gasteiger partial charge on any atom is 0.0705 e. The van der Waals surface area contributed by atoms with E-state index in [0.29, 0.717) is 6.04 Å². The van der Waals surface area contributed by atoms with Gasteiger partial charge in [0, 0.05) is 30.3 Å². The van der Waals surface area contributed by atoms with E-state index in [9.17, 15) is 0 Å². The van der Waals surface area contributed by atoms with Gasteiger partial charge in [-0.3, -0.25) is 4.98 Å². The third-order valence-electron chi connectivity index (χ3n) is 4.70. The Morgan fingerprint density at radius 3 is 2.28 bits per heavy atom. The fraction of sp³-hybridized carbons (Fsp3) is 0.174.